The van der Waals surface area contributed by atoms with Gasteiger partial charge in [-0.1, -0.05) is 5.21 Å². The largest absolute Gasteiger partial charge is 0.382 e. The first-order chi connectivity index (χ1) is 9.33. The molecule has 1 aromatic carbocycles. The highest BCUT2D eigenvalue weighted by atomic mass is 16.5. The quantitative estimate of drug-likeness (QED) is 0.912. The van der Waals surface area contributed by atoms with Crippen molar-refractivity contribution >= 4 is 5.69 Å². The molecule has 1 aliphatic rings. The second-order valence-electron chi connectivity index (χ2n) is 4.95. The summed E-state index contributed by atoms with van der Waals surface area (Å²) in [6.45, 7) is 3.97. The second kappa shape index (κ2) is 5.40. The third kappa shape index (κ3) is 2.76. The number of anilines is 1. The minimum absolute atomic E-state index is 0.430. The molecule has 2 heterocycles. The van der Waals surface area contributed by atoms with Gasteiger partial charge in [0.25, 0.3) is 0 Å². The van der Waals surface area contributed by atoms with Gasteiger partial charge in [-0.3, -0.25) is 0 Å². The second-order valence-corrected chi connectivity index (χ2v) is 4.95. The fourth-order valence-corrected chi connectivity index (χ4v) is 2.38. The smallest absolute Gasteiger partial charge is 0.0697 e. The lowest BCUT2D eigenvalue weighted by molar-refractivity contribution is 0.183. The Morgan fingerprint density at radius 2 is 2.21 bits per heavy atom. The predicted octanol–water partition coefficient (Wildman–Crippen LogP) is 2.10. The van der Waals surface area contributed by atoms with Crippen LogP contribution in [-0.2, 0) is 4.74 Å². The van der Waals surface area contributed by atoms with Crippen molar-refractivity contribution in [1.82, 2.24) is 15.0 Å². The third-order valence-electron chi connectivity index (χ3n) is 3.62. The molecule has 2 atom stereocenters. The zero-order chi connectivity index (χ0) is 13.1. The van der Waals surface area contributed by atoms with E-state index in [9.17, 15) is 0 Å². The van der Waals surface area contributed by atoms with Crippen LogP contribution in [0.15, 0.2) is 36.7 Å². The Hall–Kier alpha value is -1.88. The van der Waals surface area contributed by atoms with Crippen LogP contribution in [0.1, 0.15) is 13.3 Å². The van der Waals surface area contributed by atoms with Gasteiger partial charge in [-0.2, -0.15) is 0 Å². The molecule has 1 fully saturated rings. The normalized spacial score (nSPS) is 20.4. The standard InChI is InChI=1S/C14H18N4O/c1-11(12-6-9-19-10-12)16-13-2-4-14(5-3-13)18-8-7-15-17-18/h2-5,7-8,11-12,16H,6,9-10H2,1H3/t11-,12-/m0/s1. The molecule has 5 heteroatoms. The van der Waals surface area contributed by atoms with Gasteiger partial charge in [0.05, 0.1) is 24.7 Å². The van der Waals surface area contributed by atoms with E-state index in [-0.39, 0.29) is 0 Å². The summed E-state index contributed by atoms with van der Waals surface area (Å²) in [7, 11) is 0. The maximum absolute atomic E-state index is 5.43. The van der Waals surface area contributed by atoms with E-state index in [1.807, 2.05) is 18.3 Å². The van der Waals surface area contributed by atoms with Gasteiger partial charge in [-0.15, -0.1) is 5.10 Å². The number of aromatic nitrogens is 3. The fourth-order valence-electron chi connectivity index (χ4n) is 2.38. The zero-order valence-electron chi connectivity index (χ0n) is 11.0. The highest BCUT2D eigenvalue weighted by molar-refractivity contribution is 5.49. The molecule has 1 aliphatic heterocycles. The number of hydrogen-bond acceptors (Lipinski definition) is 4. The van der Waals surface area contributed by atoms with Crippen LogP contribution in [0, 0.1) is 5.92 Å². The highest BCUT2D eigenvalue weighted by Crippen LogP contribution is 2.21. The van der Waals surface area contributed by atoms with Crippen molar-refractivity contribution < 1.29 is 4.74 Å². The van der Waals surface area contributed by atoms with E-state index in [0.29, 0.717) is 12.0 Å². The number of rotatable bonds is 4. The zero-order valence-corrected chi connectivity index (χ0v) is 11.0. The number of benzene rings is 1. The summed E-state index contributed by atoms with van der Waals surface area (Å²) in [4.78, 5) is 0. The summed E-state index contributed by atoms with van der Waals surface area (Å²) < 4.78 is 7.17. The molecule has 1 aromatic heterocycles. The van der Waals surface area contributed by atoms with Crippen molar-refractivity contribution in [2.75, 3.05) is 18.5 Å². The van der Waals surface area contributed by atoms with Crippen LogP contribution < -0.4 is 5.32 Å². The van der Waals surface area contributed by atoms with Crippen LogP contribution in [0.5, 0.6) is 0 Å². The molecule has 1 saturated heterocycles. The average Bonchev–Trinajstić information content (AvgIpc) is 3.13. The van der Waals surface area contributed by atoms with Gasteiger partial charge in [-0.25, -0.2) is 4.68 Å². The average molecular weight is 258 g/mol. The summed E-state index contributed by atoms with van der Waals surface area (Å²) in [6.07, 6.45) is 4.65. The summed E-state index contributed by atoms with van der Waals surface area (Å²) >= 11 is 0. The van der Waals surface area contributed by atoms with Crippen LogP contribution in [-0.4, -0.2) is 34.2 Å². The molecule has 0 amide bonds. The summed E-state index contributed by atoms with van der Waals surface area (Å²) in [5, 5.41) is 11.3. The maximum Gasteiger partial charge on any atom is 0.0697 e. The molecular formula is C14H18N4O. The van der Waals surface area contributed by atoms with E-state index in [0.717, 1.165) is 31.0 Å². The summed E-state index contributed by atoms with van der Waals surface area (Å²) in [5.41, 5.74) is 2.14. The number of nitrogens with zero attached hydrogens (tertiary/aromatic N) is 3. The molecule has 0 spiro atoms. The van der Waals surface area contributed by atoms with Gasteiger partial charge < -0.3 is 10.1 Å². The Kier molecular flexibility index (Phi) is 3.46. The van der Waals surface area contributed by atoms with Crippen LogP contribution in [0.3, 0.4) is 0 Å². The Bertz CT molecular complexity index is 503. The van der Waals surface area contributed by atoms with Gasteiger partial charge >= 0.3 is 0 Å². The Morgan fingerprint density at radius 1 is 1.37 bits per heavy atom. The lowest BCUT2D eigenvalue weighted by atomic mass is 10.0. The van der Waals surface area contributed by atoms with Crippen molar-refractivity contribution in [3.8, 4) is 5.69 Å². The predicted molar refractivity (Wildman–Crippen MR) is 73.4 cm³/mol. The first-order valence-corrected chi connectivity index (χ1v) is 6.64. The topological polar surface area (TPSA) is 52.0 Å². The van der Waals surface area contributed by atoms with Crippen molar-refractivity contribution in [2.24, 2.45) is 5.92 Å². The lowest BCUT2D eigenvalue weighted by Gasteiger charge is -2.20. The summed E-state index contributed by atoms with van der Waals surface area (Å²) in [6, 6.07) is 8.65. The summed E-state index contributed by atoms with van der Waals surface area (Å²) in [5.74, 6) is 0.606. The van der Waals surface area contributed by atoms with Crippen molar-refractivity contribution in [2.45, 2.75) is 19.4 Å². The molecule has 3 rings (SSSR count). The first-order valence-electron chi connectivity index (χ1n) is 6.64. The van der Waals surface area contributed by atoms with Crippen LogP contribution in [0.25, 0.3) is 5.69 Å². The SMILES string of the molecule is C[C@H](Nc1ccc(-n2ccnn2)cc1)[C@H]1CCOC1. The molecule has 0 saturated carbocycles. The first kappa shape index (κ1) is 12.2. The van der Waals surface area contributed by atoms with Crippen molar-refractivity contribution in [3.63, 3.8) is 0 Å². The van der Waals surface area contributed by atoms with Gasteiger partial charge in [0.2, 0.25) is 0 Å². The van der Waals surface area contributed by atoms with E-state index >= 15 is 0 Å². The molecular weight excluding hydrogens is 240 g/mol. The molecule has 5 nitrogen and oxygen atoms in total. The molecule has 100 valence electrons. The fraction of sp³-hybridized carbons (Fsp3) is 0.429. The Labute approximate surface area is 112 Å². The van der Waals surface area contributed by atoms with E-state index in [2.05, 4.69) is 34.7 Å². The number of nitrogens with one attached hydrogen (secondary N) is 1. The van der Waals surface area contributed by atoms with E-state index in [1.165, 1.54) is 0 Å². The molecule has 0 unspecified atom stereocenters. The van der Waals surface area contributed by atoms with Gasteiger partial charge in [0.1, 0.15) is 0 Å². The molecule has 2 aromatic rings. The molecule has 0 bridgehead atoms. The van der Waals surface area contributed by atoms with E-state index in [1.54, 1.807) is 10.9 Å². The van der Waals surface area contributed by atoms with E-state index in [4.69, 9.17) is 4.74 Å². The van der Waals surface area contributed by atoms with Crippen LogP contribution in [0.4, 0.5) is 5.69 Å². The molecule has 1 N–H and O–H groups in total. The van der Waals surface area contributed by atoms with E-state index < -0.39 is 0 Å². The minimum Gasteiger partial charge on any atom is -0.382 e. The van der Waals surface area contributed by atoms with Gasteiger partial charge in [0.15, 0.2) is 0 Å². The third-order valence-corrected chi connectivity index (χ3v) is 3.62. The van der Waals surface area contributed by atoms with Crippen LogP contribution >= 0.6 is 0 Å². The monoisotopic (exact) mass is 258 g/mol. The number of hydrogen-bond donors (Lipinski definition) is 1. The number of ether oxygens (including phenoxy) is 1. The Morgan fingerprint density at radius 3 is 2.84 bits per heavy atom. The lowest BCUT2D eigenvalue weighted by Crippen LogP contribution is -2.26. The maximum atomic E-state index is 5.43. The molecule has 0 aliphatic carbocycles. The Balaban J connectivity index is 1.65. The highest BCUT2D eigenvalue weighted by Gasteiger charge is 2.21. The van der Waals surface area contributed by atoms with Gasteiger partial charge in [0, 0.05) is 24.3 Å². The van der Waals surface area contributed by atoms with Crippen molar-refractivity contribution in [3.05, 3.63) is 36.7 Å². The minimum atomic E-state index is 0.430. The van der Waals surface area contributed by atoms with Crippen molar-refractivity contribution in [1.29, 1.82) is 0 Å². The van der Waals surface area contributed by atoms with Gasteiger partial charge in [-0.05, 0) is 37.6 Å². The molecule has 19 heavy (non-hydrogen) atoms. The van der Waals surface area contributed by atoms with Crippen LogP contribution in [0.2, 0.25) is 0 Å². The molecule has 0 radical (unpaired) electrons.